The average molecular weight is 286 g/mol. The van der Waals surface area contributed by atoms with Crippen LogP contribution in [-0.2, 0) is 0 Å². The lowest BCUT2D eigenvalue weighted by Gasteiger charge is -2.08. The second kappa shape index (κ2) is 5.58. The molecule has 0 fully saturated rings. The summed E-state index contributed by atoms with van der Waals surface area (Å²) in [5, 5.41) is 13.4. The van der Waals surface area contributed by atoms with Gasteiger partial charge in [-0.3, -0.25) is 14.9 Å². The van der Waals surface area contributed by atoms with Crippen LogP contribution in [0, 0.1) is 24.0 Å². The number of aryl methyl sites for hydroxylation is 2. The third-order valence-corrected chi connectivity index (χ3v) is 3.12. The summed E-state index contributed by atoms with van der Waals surface area (Å²) >= 11 is 0. The zero-order valence-electron chi connectivity index (χ0n) is 11.6. The minimum atomic E-state index is -0.626. The van der Waals surface area contributed by atoms with Gasteiger partial charge in [0.2, 0.25) is 0 Å². The Morgan fingerprint density at radius 1 is 1.29 bits per heavy atom. The van der Waals surface area contributed by atoms with Gasteiger partial charge in [0.05, 0.1) is 10.5 Å². The summed E-state index contributed by atoms with van der Waals surface area (Å²) in [5.41, 5.74) is 8.01. The first-order chi connectivity index (χ1) is 9.88. The van der Waals surface area contributed by atoms with Gasteiger partial charge < -0.3 is 11.1 Å². The van der Waals surface area contributed by atoms with Gasteiger partial charge in [0.25, 0.3) is 11.6 Å². The van der Waals surface area contributed by atoms with Crippen molar-refractivity contribution in [2.45, 2.75) is 13.8 Å². The maximum Gasteiger partial charge on any atom is 0.288 e. The third kappa shape index (κ3) is 3.14. The van der Waals surface area contributed by atoms with Crippen LogP contribution in [0.3, 0.4) is 0 Å². The highest BCUT2D eigenvalue weighted by Crippen LogP contribution is 2.19. The number of nitrogens with two attached hydrogens (primary N) is 1. The predicted octanol–water partition coefficient (Wildman–Crippen LogP) is 2.44. The minimum Gasteiger partial charge on any atom is -0.383 e. The number of nitro groups is 1. The van der Waals surface area contributed by atoms with E-state index in [1.807, 2.05) is 26.0 Å². The van der Waals surface area contributed by atoms with E-state index in [1.54, 1.807) is 6.07 Å². The monoisotopic (exact) mass is 286 g/mol. The molecular weight excluding hydrogens is 272 g/mol. The number of nitrogen functional groups attached to an aromatic ring is 1. The lowest BCUT2D eigenvalue weighted by molar-refractivity contribution is -0.385. The molecule has 0 radical (unpaired) electrons. The summed E-state index contributed by atoms with van der Waals surface area (Å²) < 4.78 is 0. The summed E-state index contributed by atoms with van der Waals surface area (Å²) in [6.45, 7) is 3.89. The summed E-state index contributed by atoms with van der Waals surface area (Å²) in [7, 11) is 0. The molecule has 0 saturated heterocycles. The zero-order valence-corrected chi connectivity index (χ0v) is 11.6. The van der Waals surface area contributed by atoms with E-state index in [0.29, 0.717) is 5.69 Å². The van der Waals surface area contributed by atoms with Crippen molar-refractivity contribution < 1.29 is 9.72 Å². The number of carbonyl (C=O) groups is 1. The molecule has 0 spiro atoms. The first-order valence-electron chi connectivity index (χ1n) is 6.17. The number of carbonyl (C=O) groups excluding carboxylic acids is 1. The van der Waals surface area contributed by atoms with E-state index in [1.165, 1.54) is 0 Å². The Morgan fingerprint density at radius 2 is 2.00 bits per heavy atom. The number of aromatic nitrogens is 1. The van der Waals surface area contributed by atoms with Crippen molar-refractivity contribution in [3.8, 4) is 0 Å². The maximum absolute atomic E-state index is 12.2. The van der Waals surface area contributed by atoms with Crippen molar-refractivity contribution in [1.29, 1.82) is 0 Å². The number of hydrogen-bond acceptors (Lipinski definition) is 5. The SMILES string of the molecule is Cc1ccc(NC(=O)c2cc([N+](=O)[O-])cnc2N)cc1C. The molecule has 0 aliphatic heterocycles. The molecule has 0 unspecified atom stereocenters. The number of benzene rings is 1. The van der Waals surface area contributed by atoms with Gasteiger partial charge in [0.15, 0.2) is 0 Å². The molecule has 7 heteroatoms. The molecule has 3 N–H and O–H groups in total. The number of nitrogens with zero attached hydrogens (tertiary/aromatic N) is 2. The Kier molecular flexibility index (Phi) is 3.84. The number of pyridine rings is 1. The van der Waals surface area contributed by atoms with Gasteiger partial charge in [-0.05, 0) is 37.1 Å². The van der Waals surface area contributed by atoms with Gasteiger partial charge in [-0.25, -0.2) is 4.98 Å². The van der Waals surface area contributed by atoms with Crippen LogP contribution in [0.15, 0.2) is 30.5 Å². The Bertz CT molecular complexity index is 728. The first-order valence-corrected chi connectivity index (χ1v) is 6.17. The standard InChI is InChI=1S/C14H14N4O3/c1-8-3-4-10(5-9(8)2)17-14(19)12-6-11(18(20)21)7-16-13(12)15/h3-7H,1-2H3,(H2,15,16)(H,17,19). The van der Waals surface area contributed by atoms with Crippen molar-refractivity contribution in [2.75, 3.05) is 11.1 Å². The summed E-state index contributed by atoms with van der Waals surface area (Å²) in [4.78, 5) is 25.9. The van der Waals surface area contributed by atoms with Crippen LogP contribution in [0.1, 0.15) is 21.5 Å². The molecule has 1 amide bonds. The normalized spacial score (nSPS) is 10.2. The molecule has 7 nitrogen and oxygen atoms in total. The van der Waals surface area contributed by atoms with Crippen molar-refractivity contribution in [2.24, 2.45) is 0 Å². The van der Waals surface area contributed by atoms with Crippen molar-refractivity contribution in [1.82, 2.24) is 4.98 Å². The van der Waals surface area contributed by atoms with E-state index in [2.05, 4.69) is 10.3 Å². The van der Waals surface area contributed by atoms with E-state index in [9.17, 15) is 14.9 Å². The number of amides is 1. The van der Waals surface area contributed by atoms with Crippen LogP contribution >= 0.6 is 0 Å². The quantitative estimate of drug-likeness (QED) is 0.665. The van der Waals surface area contributed by atoms with Gasteiger partial charge in [0, 0.05) is 11.8 Å². The zero-order chi connectivity index (χ0) is 15.6. The van der Waals surface area contributed by atoms with Gasteiger partial charge in [0.1, 0.15) is 12.0 Å². The Balaban J connectivity index is 2.29. The highest BCUT2D eigenvalue weighted by Gasteiger charge is 2.16. The summed E-state index contributed by atoms with van der Waals surface area (Å²) in [6, 6.07) is 6.55. The first kappa shape index (κ1) is 14.4. The van der Waals surface area contributed by atoms with Crippen LogP contribution < -0.4 is 11.1 Å². The molecule has 1 aromatic heterocycles. The molecule has 2 aromatic rings. The topological polar surface area (TPSA) is 111 Å². The lowest BCUT2D eigenvalue weighted by Crippen LogP contribution is -2.15. The van der Waals surface area contributed by atoms with E-state index in [4.69, 9.17) is 5.73 Å². The third-order valence-electron chi connectivity index (χ3n) is 3.12. The highest BCUT2D eigenvalue weighted by molar-refractivity contribution is 6.07. The lowest BCUT2D eigenvalue weighted by atomic mass is 10.1. The Labute approximate surface area is 121 Å². The second-order valence-corrected chi connectivity index (χ2v) is 4.64. The van der Waals surface area contributed by atoms with E-state index in [-0.39, 0.29) is 17.1 Å². The number of nitrogens with one attached hydrogen (secondary N) is 1. The molecule has 21 heavy (non-hydrogen) atoms. The van der Waals surface area contributed by atoms with Crippen molar-refractivity contribution in [3.63, 3.8) is 0 Å². The largest absolute Gasteiger partial charge is 0.383 e. The molecule has 0 aliphatic carbocycles. The van der Waals surface area contributed by atoms with Crippen LogP contribution in [0.5, 0.6) is 0 Å². The van der Waals surface area contributed by atoms with Crippen LogP contribution in [-0.4, -0.2) is 15.8 Å². The Morgan fingerprint density at radius 3 is 2.62 bits per heavy atom. The molecule has 0 saturated carbocycles. The van der Waals surface area contributed by atoms with Gasteiger partial charge in [-0.2, -0.15) is 0 Å². The minimum absolute atomic E-state index is 0.0255. The fourth-order valence-corrected chi connectivity index (χ4v) is 1.76. The molecule has 1 heterocycles. The molecule has 0 aliphatic rings. The molecule has 0 atom stereocenters. The highest BCUT2D eigenvalue weighted by atomic mass is 16.6. The van der Waals surface area contributed by atoms with E-state index < -0.39 is 10.8 Å². The van der Waals surface area contributed by atoms with Gasteiger partial charge in [-0.15, -0.1) is 0 Å². The van der Waals surface area contributed by atoms with Crippen LogP contribution in [0.2, 0.25) is 0 Å². The number of anilines is 2. The van der Waals surface area contributed by atoms with Gasteiger partial charge >= 0.3 is 0 Å². The fourth-order valence-electron chi connectivity index (χ4n) is 1.76. The number of rotatable bonds is 3. The van der Waals surface area contributed by atoms with Crippen molar-refractivity contribution in [3.05, 3.63) is 57.3 Å². The average Bonchev–Trinajstić information content (AvgIpc) is 2.43. The maximum atomic E-state index is 12.2. The van der Waals surface area contributed by atoms with Crippen molar-refractivity contribution >= 4 is 23.1 Å². The fraction of sp³-hybridized carbons (Fsp3) is 0.143. The molecular formula is C14H14N4O3. The Hall–Kier alpha value is -2.96. The van der Waals surface area contributed by atoms with E-state index >= 15 is 0 Å². The molecule has 108 valence electrons. The van der Waals surface area contributed by atoms with Crippen LogP contribution in [0.4, 0.5) is 17.2 Å². The molecule has 2 rings (SSSR count). The number of hydrogen-bond donors (Lipinski definition) is 2. The molecule has 1 aromatic carbocycles. The predicted molar refractivity (Wildman–Crippen MR) is 79.2 cm³/mol. The smallest absolute Gasteiger partial charge is 0.288 e. The van der Waals surface area contributed by atoms with Crippen LogP contribution in [0.25, 0.3) is 0 Å². The second-order valence-electron chi connectivity index (χ2n) is 4.64. The van der Waals surface area contributed by atoms with E-state index in [0.717, 1.165) is 23.4 Å². The van der Waals surface area contributed by atoms with Gasteiger partial charge in [-0.1, -0.05) is 6.07 Å². The summed E-state index contributed by atoms with van der Waals surface area (Å²) in [6.07, 6.45) is 1.02. The summed E-state index contributed by atoms with van der Waals surface area (Å²) in [5.74, 6) is -0.589. The molecule has 0 bridgehead atoms.